The number of esters is 1. The molecule has 11 nitrogen and oxygen atoms in total. The van der Waals surface area contributed by atoms with Gasteiger partial charge in [-0.05, 0) is 118 Å². The summed E-state index contributed by atoms with van der Waals surface area (Å²) in [4.78, 5) is 28.7. The van der Waals surface area contributed by atoms with E-state index in [1.165, 1.54) is 13.2 Å². The van der Waals surface area contributed by atoms with Crippen LogP contribution in [-0.2, 0) is 25.5 Å². The highest BCUT2D eigenvalue weighted by atomic mass is 19.1. The maximum absolute atomic E-state index is 14.8. The number of anilines is 1. The molecule has 2 unspecified atom stereocenters. The van der Waals surface area contributed by atoms with Crippen molar-refractivity contribution in [1.82, 2.24) is 20.9 Å². The maximum Gasteiger partial charge on any atom is 0.331 e. The van der Waals surface area contributed by atoms with Crippen LogP contribution in [-0.4, -0.2) is 75.6 Å². The number of amides is 1. The average Bonchev–Trinajstić information content (AvgIpc) is 3.25. The number of benzene rings is 2. The number of rotatable bonds is 26. The molecule has 1 aliphatic heterocycles. The molecule has 316 valence electrons. The van der Waals surface area contributed by atoms with Gasteiger partial charge in [0.15, 0.2) is 0 Å². The number of ether oxygens (including phenoxy) is 4. The monoisotopic (exact) mass is 801 g/mol. The summed E-state index contributed by atoms with van der Waals surface area (Å²) in [6.07, 6.45) is 13.0. The van der Waals surface area contributed by atoms with Crippen molar-refractivity contribution in [2.24, 2.45) is 11.8 Å². The van der Waals surface area contributed by atoms with Crippen LogP contribution in [0.5, 0.6) is 5.75 Å². The van der Waals surface area contributed by atoms with Crippen LogP contribution in [0.25, 0.3) is 5.70 Å². The number of halogens is 1. The summed E-state index contributed by atoms with van der Waals surface area (Å²) in [5.74, 6) is 0.371. The van der Waals surface area contributed by atoms with Crippen LogP contribution in [0.1, 0.15) is 93.6 Å². The quantitative estimate of drug-likeness (QED) is 0.0467. The third-order valence-corrected chi connectivity index (χ3v) is 10.7. The van der Waals surface area contributed by atoms with Crippen LogP contribution >= 0.6 is 0 Å². The first-order valence-electron chi connectivity index (χ1n) is 20.8. The van der Waals surface area contributed by atoms with Crippen molar-refractivity contribution < 1.29 is 32.9 Å². The average molecular weight is 802 g/mol. The van der Waals surface area contributed by atoms with Crippen LogP contribution < -0.4 is 26.0 Å². The number of unbranched alkanes of at least 4 members (excludes halogenated alkanes) is 2. The molecule has 1 fully saturated rings. The molecule has 2 heterocycles. The van der Waals surface area contributed by atoms with Gasteiger partial charge in [-0.1, -0.05) is 45.9 Å². The van der Waals surface area contributed by atoms with Gasteiger partial charge in [-0.25, -0.2) is 9.18 Å². The summed E-state index contributed by atoms with van der Waals surface area (Å²) >= 11 is 0. The Hall–Kier alpha value is -4.78. The molecule has 12 heteroatoms. The lowest BCUT2D eigenvalue weighted by molar-refractivity contribution is -0.146. The minimum absolute atomic E-state index is 0.0143. The van der Waals surface area contributed by atoms with Gasteiger partial charge in [-0.2, -0.15) is 0 Å². The van der Waals surface area contributed by atoms with E-state index in [0.29, 0.717) is 61.6 Å². The summed E-state index contributed by atoms with van der Waals surface area (Å²) in [6.45, 7) is 15.1. The lowest BCUT2D eigenvalue weighted by atomic mass is 9.84. The minimum atomic E-state index is -0.480. The molecule has 1 saturated heterocycles. The molecular weight excluding hydrogens is 738 g/mol. The molecule has 2 atom stereocenters. The van der Waals surface area contributed by atoms with Crippen LogP contribution in [0, 0.1) is 17.7 Å². The normalized spacial score (nSPS) is 14.9. The molecular formula is C46H64FN5O6. The smallest absolute Gasteiger partial charge is 0.331 e. The summed E-state index contributed by atoms with van der Waals surface area (Å²) in [7, 11) is 1.33. The Balaban J connectivity index is 1.30. The fourth-order valence-corrected chi connectivity index (χ4v) is 6.90. The Morgan fingerprint density at radius 1 is 0.931 bits per heavy atom. The maximum atomic E-state index is 14.8. The second kappa shape index (κ2) is 24.9. The fourth-order valence-electron chi connectivity index (χ4n) is 6.90. The van der Waals surface area contributed by atoms with Gasteiger partial charge in [-0.3, -0.25) is 9.78 Å². The molecule has 1 aliphatic rings. The second-order valence-corrected chi connectivity index (χ2v) is 14.9. The highest BCUT2D eigenvalue weighted by molar-refractivity contribution is 5.95. The number of nitrogens with one attached hydrogen (secondary N) is 4. The zero-order chi connectivity index (χ0) is 41.6. The lowest BCUT2D eigenvalue weighted by Gasteiger charge is -2.41. The Bertz CT molecular complexity index is 1750. The SMILES string of the molecule is C=C(N/C(=C\C(CC)C(C)CC)c1ccncc1)C1(Nc2cccc(C(=O)NCc3cc(OCCCCCOCCCOCC(=O)OC)ccc3F)c2)CCNCC1. The Morgan fingerprint density at radius 2 is 1.67 bits per heavy atom. The van der Waals surface area contributed by atoms with Crippen molar-refractivity contribution in [3.05, 3.63) is 108 Å². The number of nitrogens with zero attached hydrogens (tertiary/aromatic N) is 1. The molecule has 1 amide bonds. The molecule has 0 aliphatic carbocycles. The zero-order valence-electron chi connectivity index (χ0n) is 34.9. The van der Waals surface area contributed by atoms with Gasteiger partial charge in [0.25, 0.3) is 5.91 Å². The molecule has 0 radical (unpaired) electrons. The number of methoxy groups -OCH3 is 1. The summed E-state index contributed by atoms with van der Waals surface area (Å²) in [5, 5.41) is 13.9. The lowest BCUT2D eigenvalue weighted by Crippen LogP contribution is -2.51. The highest BCUT2D eigenvalue weighted by Gasteiger charge is 2.36. The molecule has 1 aromatic heterocycles. The van der Waals surface area contributed by atoms with E-state index in [2.05, 4.69) is 64.4 Å². The molecule has 0 spiro atoms. The van der Waals surface area contributed by atoms with Gasteiger partial charge < -0.3 is 40.2 Å². The third kappa shape index (κ3) is 14.9. The largest absolute Gasteiger partial charge is 0.494 e. The van der Waals surface area contributed by atoms with Gasteiger partial charge in [-0.15, -0.1) is 0 Å². The predicted molar refractivity (Wildman–Crippen MR) is 228 cm³/mol. The van der Waals surface area contributed by atoms with E-state index in [4.69, 9.17) is 14.2 Å². The topological polar surface area (TPSA) is 132 Å². The molecule has 2 aromatic carbocycles. The van der Waals surface area contributed by atoms with Gasteiger partial charge in [0.05, 0.1) is 19.3 Å². The highest BCUT2D eigenvalue weighted by Crippen LogP contribution is 2.33. The Kier molecular flexibility index (Phi) is 19.7. The molecule has 58 heavy (non-hydrogen) atoms. The minimum Gasteiger partial charge on any atom is -0.494 e. The van der Waals surface area contributed by atoms with E-state index in [-0.39, 0.29) is 19.1 Å². The molecule has 0 saturated carbocycles. The van der Waals surface area contributed by atoms with Crippen molar-refractivity contribution in [3.63, 3.8) is 0 Å². The first kappa shape index (κ1) is 45.9. The van der Waals surface area contributed by atoms with E-state index >= 15 is 0 Å². The standard InChI is InChI=1S/C46H64FN5O6/c1-6-34(3)36(7-2)31-43(37-17-21-48-22-18-37)51-35(4)46(19-23-49-24-20-46)52-40-14-11-13-38(29-40)45(54)50-32-39-30-41(15-16-42(39)47)58-28-10-8-9-25-56-26-12-27-57-33-44(53)55-5/h11,13-18,21-22,29-31,34,36,49,51-52H,4,6-10,12,19-20,23-28,32-33H2,1-3,5H3,(H,50,54)/b43-31-. The number of pyridine rings is 1. The number of carbonyl (C=O) groups excluding carboxylic acids is 2. The molecule has 4 rings (SSSR count). The second-order valence-electron chi connectivity index (χ2n) is 14.9. The van der Waals surface area contributed by atoms with Crippen LogP contribution in [0.15, 0.2) is 85.3 Å². The van der Waals surface area contributed by atoms with Crippen molar-refractivity contribution in [1.29, 1.82) is 0 Å². The van der Waals surface area contributed by atoms with Crippen molar-refractivity contribution >= 4 is 23.3 Å². The number of allylic oxidation sites excluding steroid dienone is 1. The summed E-state index contributed by atoms with van der Waals surface area (Å²) in [6, 6.07) is 16.1. The van der Waals surface area contributed by atoms with E-state index in [1.807, 2.05) is 42.7 Å². The number of aromatic nitrogens is 1. The number of hydrogen-bond acceptors (Lipinski definition) is 10. The van der Waals surface area contributed by atoms with Crippen LogP contribution in [0.4, 0.5) is 10.1 Å². The van der Waals surface area contributed by atoms with Gasteiger partial charge in [0.1, 0.15) is 18.2 Å². The Labute approximate surface area is 344 Å². The molecule has 3 aromatic rings. The fraction of sp³-hybridized carbons (Fsp3) is 0.500. The number of hydrogen-bond donors (Lipinski definition) is 4. The van der Waals surface area contributed by atoms with Gasteiger partial charge in [0, 0.05) is 72.5 Å². The van der Waals surface area contributed by atoms with Crippen LogP contribution in [0.3, 0.4) is 0 Å². The van der Waals surface area contributed by atoms with Crippen LogP contribution in [0.2, 0.25) is 0 Å². The van der Waals surface area contributed by atoms with E-state index in [0.717, 1.165) is 80.7 Å². The van der Waals surface area contributed by atoms with Crippen molar-refractivity contribution in [2.75, 3.05) is 58.6 Å². The predicted octanol–water partition coefficient (Wildman–Crippen LogP) is 8.05. The van der Waals surface area contributed by atoms with E-state index < -0.39 is 17.3 Å². The number of piperidine rings is 1. The summed E-state index contributed by atoms with van der Waals surface area (Å²) in [5.41, 5.74) is 4.07. The van der Waals surface area contributed by atoms with Gasteiger partial charge >= 0.3 is 5.97 Å². The van der Waals surface area contributed by atoms with Gasteiger partial charge in [0.2, 0.25) is 0 Å². The summed E-state index contributed by atoms with van der Waals surface area (Å²) < 4.78 is 36.1. The Morgan fingerprint density at radius 3 is 2.41 bits per heavy atom. The molecule has 0 bridgehead atoms. The van der Waals surface area contributed by atoms with Crippen molar-refractivity contribution in [3.8, 4) is 5.75 Å². The first-order valence-corrected chi connectivity index (χ1v) is 20.8. The number of carbonyl (C=O) groups is 2. The third-order valence-electron chi connectivity index (χ3n) is 10.7. The van der Waals surface area contributed by atoms with Crippen molar-refractivity contribution in [2.45, 2.75) is 84.2 Å². The van der Waals surface area contributed by atoms with E-state index in [1.54, 1.807) is 18.2 Å². The zero-order valence-corrected chi connectivity index (χ0v) is 34.9. The first-order chi connectivity index (χ1) is 28.2. The molecule has 4 N–H and O–H groups in total. The van der Waals surface area contributed by atoms with E-state index in [9.17, 15) is 14.0 Å².